The number of nitrogens with one attached hydrogen (secondary N) is 2. The topological polar surface area (TPSA) is 76.0 Å². The van der Waals surface area contributed by atoms with Crippen LogP contribution < -0.4 is 10.6 Å². The van der Waals surface area contributed by atoms with Gasteiger partial charge in [0.25, 0.3) is 11.8 Å². The summed E-state index contributed by atoms with van der Waals surface area (Å²) in [4.78, 5) is 25.6. The van der Waals surface area contributed by atoms with E-state index in [4.69, 9.17) is 0 Å². The van der Waals surface area contributed by atoms with Crippen molar-refractivity contribution in [3.63, 3.8) is 0 Å². The monoisotopic (exact) mass is 438 g/mol. The van der Waals surface area contributed by atoms with E-state index in [9.17, 15) is 9.59 Å². The zero-order valence-corrected chi connectivity index (χ0v) is 18.7. The van der Waals surface area contributed by atoms with Gasteiger partial charge in [0.05, 0.1) is 22.6 Å². The molecule has 0 aliphatic heterocycles. The highest BCUT2D eigenvalue weighted by Gasteiger charge is 2.14. The van der Waals surface area contributed by atoms with Crippen LogP contribution in [-0.2, 0) is 6.42 Å². The van der Waals surface area contributed by atoms with Crippen molar-refractivity contribution >= 4 is 17.5 Å². The first-order chi connectivity index (χ1) is 16.0. The Morgan fingerprint density at radius 1 is 0.848 bits per heavy atom. The average Bonchev–Trinajstić information content (AvgIpc) is 3.18. The molecule has 33 heavy (non-hydrogen) atoms. The summed E-state index contributed by atoms with van der Waals surface area (Å²) in [6.45, 7) is 4.45. The van der Waals surface area contributed by atoms with Gasteiger partial charge in [0.2, 0.25) is 0 Å². The summed E-state index contributed by atoms with van der Waals surface area (Å²) in [6.07, 6.45) is 0.739. The van der Waals surface area contributed by atoms with Gasteiger partial charge in [0.15, 0.2) is 0 Å². The number of hydrogen-bond acceptors (Lipinski definition) is 3. The fourth-order valence-corrected chi connectivity index (χ4v) is 3.69. The van der Waals surface area contributed by atoms with Crippen molar-refractivity contribution < 1.29 is 9.59 Å². The molecule has 2 N–H and O–H groups in total. The highest BCUT2D eigenvalue weighted by Crippen LogP contribution is 2.18. The second-order valence-corrected chi connectivity index (χ2v) is 7.88. The molecule has 0 fully saturated rings. The number of hydrogen-bond donors (Lipinski definition) is 2. The molecule has 0 bridgehead atoms. The van der Waals surface area contributed by atoms with E-state index >= 15 is 0 Å². The van der Waals surface area contributed by atoms with Crippen LogP contribution in [0.4, 0.5) is 5.69 Å². The number of rotatable bonds is 7. The Hall–Kier alpha value is -4.19. The number of aryl methyl sites for hydroxylation is 2. The fourth-order valence-electron chi connectivity index (χ4n) is 3.69. The van der Waals surface area contributed by atoms with Gasteiger partial charge in [0, 0.05) is 17.8 Å². The first-order valence-corrected chi connectivity index (χ1v) is 10.9. The lowest BCUT2D eigenvalue weighted by Gasteiger charge is -2.12. The maximum atomic E-state index is 12.8. The van der Waals surface area contributed by atoms with Gasteiger partial charge in [-0.05, 0) is 68.3 Å². The van der Waals surface area contributed by atoms with Crippen molar-refractivity contribution in [1.29, 1.82) is 0 Å². The molecule has 1 aromatic heterocycles. The zero-order chi connectivity index (χ0) is 23.2. The Labute approximate surface area is 193 Å². The predicted molar refractivity (Wildman–Crippen MR) is 130 cm³/mol. The molecule has 4 rings (SSSR count). The third kappa shape index (κ3) is 5.36. The molecule has 0 saturated carbocycles. The summed E-state index contributed by atoms with van der Waals surface area (Å²) in [5.74, 6) is -0.499. The molecular weight excluding hydrogens is 412 g/mol. The van der Waals surface area contributed by atoms with Gasteiger partial charge in [-0.15, -0.1) is 0 Å². The van der Waals surface area contributed by atoms with Crippen molar-refractivity contribution in [1.82, 2.24) is 15.1 Å². The minimum Gasteiger partial charge on any atom is -0.352 e. The number of para-hydroxylation sites is 1. The van der Waals surface area contributed by atoms with Gasteiger partial charge in [-0.3, -0.25) is 9.59 Å². The fraction of sp³-hybridized carbons (Fsp3) is 0.148. The van der Waals surface area contributed by atoms with Gasteiger partial charge in [-0.2, -0.15) is 5.10 Å². The summed E-state index contributed by atoms with van der Waals surface area (Å²) in [7, 11) is 0. The molecule has 0 unspecified atom stereocenters. The minimum atomic E-state index is -0.278. The highest BCUT2D eigenvalue weighted by molar-refractivity contribution is 6.09. The smallest absolute Gasteiger partial charge is 0.255 e. The second-order valence-electron chi connectivity index (χ2n) is 7.88. The number of anilines is 1. The Morgan fingerprint density at radius 2 is 1.55 bits per heavy atom. The van der Waals surface area contributed by atoms with Crippen molar-refractivity contribution in [2.75, 3.05) is 11.9 Å². The number of carbonyl (C=O) groups is 2. The molecule has 0 spiro atoms. The Bertz CT molecular complexity index is 1260. The van der Waals surface area contributed by atoms with E-state index in [0.29, 0.717) is 23.4 Å². The third-order valence-electron chi connectivity index (χ3n) is 5.35. The quantitative estimate of drug-likeness (QED) is 0.439. The van der Waals surface area contributed by atoms with Crippen LogP contribution in [0.15, 0.2) is 84.9 Å². The van der Waals surface area contributed by atoms with Crippen molar-refractivity contribution in [2.45, 2.75) is 20.3 Å². The summed E-state index contributed by atoms with van der Waals surface area (Å²) >= 11 is 0. The molecule has 0 radical (unpaired) electrons. The summed E-state index contributed by atoms with van der Waals surface area (Å²) in [5.41, 5.74) is 5.41. The van der Waals surface area contributed by atoms with E-state index in [0.717, 1.165) is 29.1 Å². The SMILES string of the molecule is Cc1cc(C)n(-c2ccc(C(=O)Nc3ccccc3C(=O)NCCc3ccccc3)cc2)n1. The Kier molecular flexibility index (Phi) is 6.64. The molecule has 6 heteroatoms. The second kappa shape index (κ2) is 9.96. The van der Waals surface area contributed by atoms with Crippen LogP contribution >= 0.6 is 0 Å². The summed E-state index contributed by atoms with van der Waals surface area (Å²) < 4.78 is 1.84. The van der Waals surface area contributed by atoms with Crippen LogP contribution in [-0.4, -0.2) is 28.1 Å². The van der Waals surface area contributed by atoms with Gasteiger partial charge in [-0.1, -0.05) is 42.5 Å². The number of nitrogens with zero attached hydrogens (tertiary/aromatic N) is 2. The highest BCUT2D eigenvalue weighted by atomic mass is 16.2. The lowest BCUT2D eigenvalue weighted by atomic mass is 10.1. The third-order valence-corrected chi connectivity index (χ3v) is 5.35. The van der Waals surface area contributed by atoms with Gasteiger partial charge in [-0.25, -0.2) is 4.68 Å². The number of carbonyl (C=O) groups excluding carboxylic acids is 2. The molecule has 1 heterocycles. The summed E-state index contributed by atoms with van der Waals surface area (Å²) in [5, 5.41) is 10.3. The van der Waals surface area contributed by atoms with Gasteiger partial charge < -0.3 is 10.6 Å². The van der Waals surface area contributed by atoms with E-state index in [1.54, 1.807) is 36.4 Å². The van der Waals surface area contributed by atoms with E-state index in [1.807, 2.05) is 67.1 Å². The lowest BCUT2D eigenvalue weighted by molar-refractivity contribution is 0.0955. The molecule has 0 saturated heterocycles. The Morgan fingerprint density at radius 3 is 2.24 bits per heavy atom. The number of amides is 2. The normalized spacial score (nSPS) is 10.6. The van der Waals surface area contributed by atoms with Crippen molar-refractivity contribution in [2.24, 2.45) is 0 Å². The van der Waals surface area contributed by atoms with Gasteiger partial charge in [0.1, 0.15) is 0 Å². The largest absolute Gasteiger partial charge is 0.352 e. The van der Waals surface area contributed by atoms with Crippen LogP contribution in [0, 0.1) is 13.8 Å². The number of benzene rings is 3. The molecule has 2 amide bonds. The molecule has 0 atom stereocenters. The summed E-state index contributed by atoms with van der Waals surface area (Å²) in [6, 6.07) is 26.2. The van der Waals surface area contributed by atoms with Crippen LogP contribution in [0.1, 0.15) is 37.7 Å². The molecule has 3 aromatic carbocycles. The van der Waals surface area contributed by atoms with E-state index < -0.39 is 0 Å². The molecule has 0 aliphatic rings. The maximum Gasteiger partial charge on any atom is 0.255 e. The first kappa shape index (κ1) is 22.0. The maximum absolute atomic E-state index is 12.8. The number of aromatic nitrogens is 2. The van der Waals surface area contributed by atoms with Crippen LogP contribution in [0.3, 0.4) is 0 Å². The van der Waals surface area contributed by atoms with Crippen molar-refractivity contribution in [3.05, 3.63) is 113 Å². The zero-order valence-electron chi connectivity index (χ0n) is 18.7. The van der Waals surface area contributed by atoms with Crippen LogP contribution in [0.5, 0.6) is 0 Å². The minimum absolute atomic E-state index is 0.221. The predicted octanol–water partition coefficient (Wildman–Crippen LogP) is 4.71. The average molecular weight is 439 g/mol. The molecular formula is C27H26N4O2. The van der Waals surface area contributed by atoms with Crippen LogP contribution in [0.2, 0.25) is 0 Å². The molecule has 6 nitrogen and oxygen atoms in total. The van der Waals surface area contributed by atoms with E-state index in [1.165, 1.54) is 0 Å². The first-order valence-electron chi connectivity index (χ1n) is 10.9. The molecule has 166 valence electrons. The van der Waals surface area contributed by atoms with Crippen LogP contribution in [0.25, 0.3) is 5.69 Å². The van der Waals surface area contributed by atoms with Gasteiger partial charge >= 0.3 is 0 Å². The van der Waals surface area contributed by atoms with Crippen molar-refractivity contribution in [3.8, 4) is 5.69 Å². The van der Waals surface area contributed by atoms with E-state index in [2.05, 4.69) is 15.7 Å². The molecule has 4 aromatic rings. The molecule has 0 aliphatic carbocycles. The van der Waals surface area contributed by atoms with E-state index in [-0.39, 0.29) is 11.8 Å². The lowest BCUT2D eigenvalue weighted by Crippen LogP contribution is -2.27. The Balaban J connectivity index is 1.42. The standard InChI is InChI=1S/C27H26N4O2/c1-19-18-20(2)31(30-19)23-14-12-22(13-15-23)26(32)29-25-11-7-6-10-24(25)27(33)28-17-16-21-8-4-3-5-9-21/h3-15,18H,16-17H2,1-2H3,(H,28,33)(H,29,32).